The number of nitrogens with one attached hydrogen (secondary N) is 1. The maximum absolute atomic E-state index is 12.9. The van der Waals surface area contributed by atoms with E-state index in [1.807, 2.05) is 24.3 Å². The first-order valence-corrected chi connectivity index (χ1v) is 7.44. The first kappa shape index (κ1) is 16.0. The molecule has 0 heterocycles. The number of anilines is 1. The monoisotopic (exact) mass is 300 g/mol. The van der Waals surface area contributed by atoms with Gasteiger partial charge in [0.2, 0.25) is 0 Å². The number of carbonyl (C=O) groups excluding carboxylic acids is 1. The highest BCUT2D eigenvalue weighted by Crippen LogP contribution is 2.12. The van der Waals surface area contributed by atoms with Gasteiger partial charge >= 0.3 is 6.03 Å². The van der Waals surface area contributed by atoms with E-state index in [0.29, 0.717) is 6.54 Å². The molecule has 0 aromatic heterocycles. The Morgan fingerprint density at radius 1 is 1.05 bits per heavy atom. The first-order valence-electron chi connectivity index (χ1n) is 7.44. The lowest BCUT2D eigenvalue weighted by Gasteiger charge is -2.18. The van der Waals surface area contributed by atoms with Crippen molar-refractivity contribution >= 4 is 11.7 Å². The van der Waals surface area contributed by atoms with Crippen LogP contribution < -0.4 is 5.32 Å². The van der Waals surface area contributed by atoms with Crippen LogP contribution in [0.1, 0.15) is 24.5 Å². The summed E-state index contributed by atoms with van der Waals surface area (Å²) in [6.45, 7) is 2.57. The summed E-state index contributed by atoms with van der Waals surface area (Å²) in [6, 6.07) is 13.8. The fraction of sp³-hybridized carbons (Fsp3) is 0.278. The molecule has 2 aromatic rings. The van der Waals surface area contributed by atoms with E-state index in [4.69, 9.17) is 0 Å². The molecule has 0 aliphatic rings. The number of hydrogen-bond acceptors (Lipinski definition) is 1. The fourth-order valence-corrected chi connectivity index (χ4v) is 2.20. The average molecular weight is 300 g/mol. The molecule has 2 amide bonds. The number of amides is 2. The van der Waals surface area contributed by atoms with Crippen LogP contribution in [0.2, 0.25) is 0 Å². The number of nitrogens with zero attached hydrogens (tertiary/aromatic N) is 1. The Kier molecular flexibility index (Phi) is 5.53. The number of urea groups is 1. The molecule has 0 aliphatic heterocycles. The molecule has 0 bridgehead atoms. The van der Waals surface area contributed by atoms with Crippen LogP contribution in [0.15, 0.2) is 48.5 Å². The van der Waals surface area contributed by atoms with Crippen LogP contribution in [-0.4, -0.2) is 18.0 Å². The number of hydrogen-bond donors (Lipinski definition) is 1. The molecular formula is C18H21FN2O. The van der Waals surface area contributed by atoms with Gasteiger partial charge in [0.15, 0.2) is 0 Å². The minimum atomic E-state index is -0.275. The van der Waals surface area contributed by atoms with Crippen molar-refractivity contribution in [2.45, 2.75) is 26.3 Å². The number of rotatable bonds is 5. The SMILES string of the molecule is CCCc1ccc(NC(=O)N(C)Cc2ccc(F)cc2)cc1. The Bertz CT molecular complexity index is 608. The lowest BCUT2D eigenvalue weighted by atomic mass is 10.1. The molecular weight excluding hydrogens is 279 g/mol. The largest absolute Gasteiger partial charge is 0.323 e. The van der Waals surface area contributed by atoms with Crippen LogP contribution in [0.3, 0.4) is 0 Å². The molecule has 4 heteroatoms. The third-order valence-electron chi connectivity index (χ3n) is 3.42. The van der Waals surface area contributed by atoms with Gasteiger partial charge < -0.3 is 10.2 Å². The van der Waals surface area contributed by atoms with Crippen molar-refractivity contribution in [1.82, 2.24) is 4.90 Å². The third kappa shape index (κ3) is 4.58. The van der Waals surface area contributed by atoms with E-state index in [9.17, 15) is 9.18 Å². The van der Waals surface area contributed by atoms with E-state index in [2.05, 4.69) is 12.2 Å². The minimum Gasteiger partial charge on any atom is -0.323 e. The van der Waals surface area contributed by atoms with Crippen molar-refractivity contribution < 1.29 is 9.18 Å². The van der Waals surface area contributed by atoms with E-state index in [1.165, 1.54) is 17.7 Å². The van der Waals surface area contributed by atoms with Crippen molar-refractivity contribution in [2.75, 3.05) is 12.4 Å². The van der Waals surface area contributed by atoms with Crippen molar-refractivity contribution in [1.29, 1.82) is 0 Å². The van der Waals surface area contributed by atoms with Gasteiger partial charge in [-0.15, -0.1) is 0 Å². The Balaban J connectivity index is 1.91. The standard InChI is InChI=1S/C18H21FN2O/c1-3-4-14-7-11-17(12-8-14)20-18(22)21(2)13-15-5-9-16(19)10-6-15/h5-12H,3-4,13H2,1-2H3,(H,20,22). The summed E-state index contributed by atoms with van der Waals surface area (Å²) < 4.78 is 12.9. The number of carbonyl (C=O) groups is 1. The van der Waals surface area contributed by atoms with Crippen LogP contribution in [0, 0.1) is 5.82 Å². The molecule has 0 unspecified atom stereocenters. The van der Waals surface area contributed by atoms with Gasteiger partial charge in [-0.1, -0.05) is 37.6 Å². The van der Waals surface area contributed by atoms with Crippen LogP contribution in [0.5, 0.6) is 0 Å². The van der Waals surface area contributed by atoms with Crippen molar-refractivity contribution in [3.8, 4) is 0 Å². The zero-order valence-corrected chi connectivity index (χ0v) is 13.0. The molecule has 0 radical (unpaired) electrons. The summed E-state index contributed by atoms with van der Waals surface area (Å²) >= 11 is 0. The average Bonchev–Trinajstić information content (AvgIpc) is 2.51. The summed E-state index contributed by atoms with van der Waals surface area (Å²) in [5.41, 5.74) is 2.92. The smallest absolute Gasteiger partial charge is 0.321 e. The summed E-state index contributed by atoms with van der Waals surface area (Å²) in [6.07, 6.45) is 2.14. The van der Waals surface area contributed by atoms with Gasteiger partial charge in [-0.2, -0.15) is 0 Å². The van der Waals surface area contributed by atoms with Crippen molar-refractivity contribution in [2.24, 2.45) is 0 Å². The summed E-state index contributed by atoms with van der Waals surface area (Å²) in [5.74, 6) is -0.275. The van der Waals surface area contributed by atoms with Gasteiger partial charge in [0.05, 0.1) is 0 Å². The van der Waals surface area contributed by atoms with Gasteiger partial charge in [-0.05, 0) is 41.8 Å². The Morgan fingerprint density at radius 2 is 1.64 bits per heavy atom. The summed E-state index contributed by atoms with van der Waals surface area (Å²) in [5, 5.41) is 2.86. The molecule has 3 nitrogen and oxygen atoms in total. The molecule has 0 fully saturated rings. The van der Waals surface area contributed by atoms with Gasteiger partial charge in [-0.3, -0.25) is 0 Å². The number of benzene rings is 2. The van der Waals surface area contributed by atoms with Gasteiger partial charge in [-0.25, -0.2) is 9.18 Å². The van der Waals surface area contributed by atoms with E-state index in [-0.39, 0.29) is 11.8 Å². The quantitative estimate of drug-likeness (QED) is 0.869. The Morgan fingerprint density at radius 3 is 2.23 bits per heavy atom. The van der Waals surface area contributed by atoms with Crippen molar-refractivity contribution in [3.05, 3.63) is 65.5 Å². The van der Waals surface area contributed by atoms with Crippen LogP contribution in [0.25, 0.3) is 0 Å². The van der Waals surface area contributed by atoms with E-state index >= 15 is 0 Å². The molecule has 0 saturated heterocycles. The Hall–Kier alpha value is -2.36. The van der Waals surface area contributed by atoms with E-state index in [0.717, 1.165) is 24.1 Å². The normalized spacial score (nSPS) is 10.3. The number of halogens is 1. The maximum Gasteiger partial charge on any atom is 0.321 e. The fourth-order valence-electron chi connectivity index (χ4n) is 2.20. The summed E-state index contributed by atoms with van der Waals surface area (Å²) in [7, 11) is 1.71. The second-order valence-corrected chi connectivity index (χ2v) is 5.36. The predicted octanol–water partition coefficient (Wildman–Crippen LogP) is 4.44. The second kappa shape index (κ2) is 7.59. The van der Waals surface area contributed by atoms with Gasteiger partial charge in [0, 0.05) is 19.3 Å². The van der Waals surface area contributed by atoms with Gasteiger partial charge in [0.1, 0.15) is 5.82 Å². The molecule has 22 heavy (non-hydrogen) atoms. The van der Waals surface area contributed by atoms with Crippen molar-refractivity contribution in [3.63, 3.8) is 0 Å². The highest BCUT2D eigenvalue weighted by Gasteiger charge is 2.09. The molecule has 2 aromatic carbocycles. The Labute approximate surface area is 130 Å². The van der Waals surface area contributed by atoms with Crippen LogP contribution >= 0.6 is 0 Å². The molecule has 0 atom stereocenters. The maximum atomic E-state index is 12.9. The van der Waals surface area contributed by atoms with Crippen LogP contribution in [0.4, 0.5) is 14.9 Å². The lowest BCUT2D eigenvalue weighted by molar-refractivity contribution is 0.220. The zero-order valence-electron chi connectivity index (χ0n) is 13.0. The molecule has 116 valence electrons. The highest BCUT2D eigenvalue weighted by molar-refractivity contribution is 5.89. The highest BCUT2D eigenvalue weighted by atomic mass is 19.1. The molecule has 0 spiro atoms. The van der Waals surface area contributed by atoms with E-state index < -0.39 is 0 Å². The molecule has 1 N–H and O–H groups in total. The van der Waals surface area contributed by atoms with Crippen LogP contribution in [-0.2, 0) is 13.0 Å². The van der Waals surface area contributed by atoms with Gasteiger partial charge in [0.25, 0.3) is 0 Å². The molecule has 2 rings (SSSR count). The minimum absolute atomic E-state index is 0.187. The van der Waals surface area contributed by atoms with E-state index in [1.54, 1.807) is 24.1 Å². The first-order chi connectivity index (χ1) is 10.6. The lowest BCUT2D eigenvalue weighted by Crippen LogP contribution is -2.30. The third-order valence-corrected chi connectivity index (χ3v) is 3.42. The summed E-state index contributed by atoms with van der Waals surface area (Å²) in [4.78, 5) is 13.7. The number of aryl methyl sites for hydroxylation is 1. The topological polar surface area (TPSA) is 32.3 Å². The molecule has 0 aliphatic carbocycles. The molecule has 0 saturated carbocycles. The predicted molar refractivity (Wildman–Crippen MR) is 87.3 cm³/mol. The zero-order chi connectivity index (χ0) is 15.9. The second-order valence-electron chi connectivity index (χ2n) is 5.36.